The van der Waals surface area contributed by atoms with E-state index in [-0.39, 0.29) is 5.82 Å². The molecule has 1 heterocycles. The van der Waals surface area contributed by atoms with Gasteiger partial charge < -0.3 is 5.11 Å². The lowest BCUT2D eigenvalue weighted by Crippen LogP contribution is -2.46. The number of hydrogen-bond acceptors (Lipinski definition) is 2. The minimum Gasteiger partial charge on any atom is -0.385 e. The predicted molar refractivity (Wildman–Crippen MR) is 97.5 cm³/mol. The van der Waals surface area contributed by atoms with Crippen molar-refractivity contribution < 1.29 is 9.50 Å². The van der Waals surface area contributed by atoms with Crippen LogP contribution in [0.4, 0.5) is 4.39 Å². The molecule has 2 nitrogen and oxygen atoms in total. The molecule has 1 aliphatic heterocycles. The van der Waals surface area contributed by atoms with Gasteiger partial charge in [-0.1, -0.05) is 42.5 Å². The summed E-state index contributed by atoms with van der Waals surface area (Å²) < 4.78 is 13.2. The first-order valence-corrected chi connectivity index (χ1v) is 9.37. The van der Waals surface area contributed by atoms with Crippen molar-refractivity contribution in [3.8, 4) is 0 Å². The molecule has 0 amide bonds. The Balaban J connectivity index is 1.40. The van der Waals surface area contributed by atoms with Crippen molar-refractivity contribution in [2.75, 3.05) is 13.1 Å². The van der Waals surface area contributed by atoms with Gasteiger partial charge in [-0.25, -0.2) is 4.39 Å². The second kappa shape index (κ2) is 6.89. The summed E-state index contributed by atoms with van der Waals surface area (Å²) in [6.07, 6.45) is 3.77. The highest BCUT2D eigenvalue weighted by Crippen LogP contribution is 2.46. The number of rotatable bonds is 3. The molecular weight excluding hydrogens is 313 g/mol. The first kappa shape index (κ1) is 16.7. The van der Waals surface area contributed by atoms with Gasteiger partial charge in [0.15, 0.2) is 0 Å². The van der Waals surface area contributed by atoms with Crippen LogP contribution in [-0.4, -0.2) is 23.1 Å². The fraction of sp³-hybridized carbons (Fsp3) is 0.455. The van der Waals surface area contributed by atoms with Crippen LogP contribution in [-0.2, 0) is 12.1 Å². The molecule has 0 aromatic heterocycles. The lowest BCUT2D eigenvalue weighted by molar-refractivity contribution is -0.0616. The maximum atomic E-state index is 13.2. The lowest BCUT2D eigenvalue weighted by Gasteiger charge is -2.47. The summed E-state index contributed by atoms with van der Waals surface area (Å²) in [5, 5.41) is 11.1. The first-order chi connectivity index (χ1) is 12.1. The lowest BCUT2D eigenvalue weighted by atomic mass is 9.66. The molecule has 0 spiro atoms. The van der Waals surface area contributed by atoms with Crippen LogP contribution < -0.4 is 0 Å². The van der Waals surface area contributed by atoms with Crippen molar-refractivity contribution in [2.45, 2.75) is 37.8 Å². The molecule has 2 fully saturated rings. The van der Waals surface area contributed by atoms with Crippen molar-refractivity contribution in [2.24, 2.45) is 11.8 Å². The molecule has 2 aliphatic rings. The predicted octanol–water partition coefficient (Wildman–Crippen LogP) is 4.34. The molecule has 25 heavy (non-hydrogen) atoms. The van der Waals surface area contributed by atoms with Gasteiger partial charge in [0.1, 0.15) is 5.82 Å². The minimum atomic E-state index is -0.781. The number of likely N-dealkylation sites (tertiary alicyclic amines) is 1. The molecule has 1 N–H and O–H groups in total. The van der Waals surface area contributed by atoms with Gasteiger partial charge in [-0.15, -0.1) is 0 Å². The van der Waals surface area contributed by atoms with E-state index in [4.69, 9.17) is 0 Å². The zero-order chi connectivity index (χ0) is 17.3. The van der Waals surface area contributed by atoms with Gasteiger partial charge in [-0.2, -0.15) is 0 Å². The first-order valence-electron chi connectivity index (χ1n) is 9.37. The average Bonchev–Trinajstić information content (AvgIpc) is 2.63. The van der Waals surface area contributed by atoms with Crippen LogP contribution in [0.5, 0.6) is 0 Å². The van der Waals surface area contributed by atoms with Gasteiger partial charge in [-0.05, 0) is 67.3 Å². The Hall–Kier alpha value is -1.71. The second-order valence-electron chi connectivity index (χ2n) is 7.81. The van der Waals surface area contributed by atoms with Crippen LogP contribution in [0.1, 0.15) is 36.8 Å². The minimum absolute atomic E-state index is 0.241. The van der Waals surface area contributed by atoms with Crippen molar-refractivity contribution in [1.82, 2.24) is 4.90 Å². The normalized spacial score (nSPS) is 30.0. The van der Waals surface area contributed by atoms with E-state index in [0.717, 1.165) is 50.9 Å². The Morgan fingerprint density at radius 3 is 2.52 bits per heavy atom. The number of nitrogens with zero attached hydrogens (tertiary/aromatic N) is 1. The summed E-state index contributed by atoms with van der Waals surface area (Å²) in [5.74, 6) is 0.990. The molecular formula is C22H26FNO. The highest BCUT2D eigenvalue weighted by Gasteiger charge is 2.42. The van der Waals surface area contributed by atoms with Crippen molar-refractivity contribution in [3.63, 3.8) is 0 Å². The quantitative estimate of drug-likeness (QED) is 0.899. The van der Waals surface area contributed by atoms with Gasteiger partial charge in [0.05, 0.1) is 5.60 Å². The third-order valence-corrected chi connectivity index (χ3v) is 6.13. The summed E-state index contributed by atoms with van der Waals surface area (Å²) in [4.78, 5) is 2.55. The molecule has 3 heteroatoms. The number of benzene rings is 2. The topological polar surface area (TPSA) is 23.5 Å². The molecule has 132 valence electrons. The summed E-state index contributed by atoms with van der Waals surface area (Å²) in [7, 11) is 0. The van der Waals surface area contributed by atoms with Gasteiger partial charge >= 0.3 is 0 Å². The Morgan fingerprint density at radius 2 is 1.76 bits per heavy atom. The Labute approximate surface area is 149 Å². The fourth-order valence-electron chi connectivity index (χ4n) is 4.72. The largest absolute Gasteiger partial charge is 0.385 e. The van der Waals surface area contributed by atoms with E-state index in [9.17, 15) is 9.50 Å². The molecule has 2 aromatic rings. The summed E-state index contributed by atoms with van der Waals surface area (Å²) >= 11 is 0. The molecule has 1 saturated carbocycles. The molecule has 0 bridgehead atoms. The van der Waals surface area contributed by atoms with Gasteiger partial charge in [-0.3, -0.25) is 4.90 Å². The maximum absolute atomic E-state index is 13.2. The van der Waals surface area contributed by atoms with E-state index >= 15 is 0 Å². The highest BCUT2D eigenvalue weighted by atomic mass is 19.1. The SMILES string of the molecule is OC1(c2ccc(F)cc2)CC[C@@H]2CN(Cc3ccccc3)CC[C@H]2C1. The standard InChI is InChI=1S/C22H26FNO/c23-21-8-6-20(7-9-21)22(25)12-10-19-16-24(13-11-18(19)14-22)15-17-4-2-1-3-5-17/h1-9,18-19,25H,10-16H2/t18-,19+,22?/m0/s1. The average molecular weight is 339 g/mol. The van der Waals surface area contributed by atoms with Gasteiger partial charge in [0.25, 0.3) is 0 Å². The van der Waals surface area contributed by atoms with E-state index in [1.165, 1.54) is 17.7 Å². The van der Waals surface area contributed by atoms with Crippen molar-refractivity contribution in [3.05, 3.63) is 71.5 Å². The molecule has 4 rings (SSSR count). The van der Waals surface area contributed by atoms with Crippen LogP contribution in [0, 0.1) is 17.7 Å². The molecule has 1 aliphatic carbocycles. The second-order valence-corrected chi connectivity index (χ2v) is 7.81. The Bertz CT molecular complexity index is 702. The molecule has 0 radical (unpaired) electrons. The monoisotopic (exact) mass is 339 g/mol. The Kier molecular flexibility index (Phi) is 4.61. The number of hydrogen-bond donors (Lipinski definition) is 1. The molecule has 1 saturated heterocycles. The summed E-state index contributed by atoms with van der Waals surface area (Å²) in [6, 6.07) is 17.1. The zero-order valence-corrected chi connectivity index (χ0v) is 14.6. The number of piperidine rings is 1. The number of halogens is 1. The third-order valence-electron chi connectivity index (χ3n) is 6.13. The van der Waals surface area contributed by atoms with Crippen LogP contribution in [0.2, 0.25) is 0 Å². The summed E-state index contributed by atoms with van der Waals surface area (Å²) in [5.41, 5.74) is 1.47. The van der Waals surface area contributed by atoms with Crippen LogP contribution >= 0.6 is 0 Å². The van der Waals surface area contributed by atoms with E-state index in [1.807, 2.05) is 0 Å². The van der Waals surface area contributed by atoms with E-state index < -0.39 is 5.60 Å². The Morgan fingerprint density at radius 1 is 1.00 bits per heavy atom. The van der Waals surface area contributed by atoms with Crippen LogP contribution in [0.3, 0.4) is 0 Å². The van der Waals surface area contributed by atoms with Crippen molar-refractivity contribution >= 4 is 0 Å². The van der Waals surface area contributed by atoms with E-state index in [2.05, 4.69) is 35.2 Å². The summed E-state index contributed by atoms with van der Waals surface area (Å²) in [6.45, 7) is 3.24. The van der Waals surface area contributed by atoms with E-state index in [1.54, 1.807) is 12.1 Å². The van der Waals surface area contributed by atoms with Gasteiger partial charge in [0.2, 0.25) is 0 Å². The van der Waals surface area contributed by atoms with E-state index in [0.29, 0.717) is 11.8 Å². The maximum Gasteiger partial charge on any atom is 0.123 e. The van der Waals surface area contributed by atoms with Crippen LogP contribution in [0.15, 0.2) is 54.6 Å². The molecule has 1 unspecified atom stereocenters. The molecule has 2 aromatic carbocycles. The fourth-order valence-corrected chi connectivity index (χ4v) is 4.72. The third kappa shape index (κ3) is 3.63. The van der Waals surface area contributed by atoms with Gasteiger partial charge in [0, 0.05) is 13.1 Å². The number of fused-ring (bicyclic) bond motifs is 1. The molecule has 3 atom stereocenters. The number of aliphatic hydroxyl groups is 1. The van der Waals surface area contributed by atoms with Crippen LogP contribution in [0.25, 0.3) is 0 Å². The van der Waals surface area contributed by atoms with Crippen molar-refractivity contribution in [1.29, 1.82) is 0 Å². The zero-order valence-electron chi connectivity index (χ0n) is 14.6. The smallest absolute Gasteiger partial charge is 0.123 e. The highest BCUT2D eigenvalue weighted by molar-refractivity contribution is 5.24.